The highest BCUT2D eigenvalue weighted by atomic mass is 32.2. The van der Waals surface area contributed by atoms with Gasteiger partial charge in [0.2, 0.25) is 5.91 Å². The van der Waals surface area contributed by atoms with Crippen molar-refractivity contribution in [2.24, 2.45) is 0 Å². The fourth-order valence-electron chi connectivity index (χ4n) is 2.92. The average molecular weight is 321 g/mol. The van der Waals surface area contributed by atoms with Gasteiger partial charge in [-0.15, -0.1) is 11.8 Å². The first-order valence-electron chi connectivity index (χ1n) is 8.08. The van der Waals surface area contributed by atoms with Gasteiger partial charge in [-0.05, 0) is 31.9 Å². The van der Waals surface area contributed by atoms with Crippen molar-refractivity contribution in [1.29, 1.82) is 0 Å². The summed E-state index contributed by atoms with van der Waals surface area (Å²) < 4.78 is 11.0. The molecule has 1 heterocycles. The molecule has 1 aliphatic heterocycles. The number of anilines is 1. The van der Waals surface area contributed by atoms with Gasteiger partial charge < -0.3 is 14.8 Å². The lowest BCUT2D eigenvalue weighted by Gasteiger charge is -2.24. The molecule has 0 bridgehead atoms. The number of benzene rings is 1. The van der Waals surface area contributed by atoms with Crippen molar-refractivity contribution in [3.8, 4) is 11.5 Å². The van der Waals surface area contributed by atoms with Crippen LogP contribution in [0.4, 0.5) is 5.69 Å². The monoisotopic (exact) mass is 321 g/mol. The second kappa shape index (κ2) is 7.27. The number of rotatable bonds is 4. The van der Waals surface area contributed by atoms with E-state index >= 15 is 0 Å². The van der Waals surface area contributed by atoms with Crippen molar-refractivity contribution < 1.29 is 14.3 Å². The van der Waals surface area contributed by atoms with Gasteiger partial charge >= 0.3 is 0 Å². The molecule has 1 fully saturated rings. The summed E-state index contributed by atoms with van der Waals surface area (Å²) in [6, 6.07) is 5.55. The van der Waals surface area contributed by atoms with Crippen LogP contribution in [0.3, 0.4) is 0 Å². The number of hydrogen-bond donors (Lipinski definition) is 1. The summed E-state index contributed by atoms with van der Waals surface area (Å²) in [5.41, 5.74) is 0.769. The summed E-state index contributed by atoms with van der Waals surface area (Å²) in [5.74, 6) is 1.51. The van der Waals surface area contributed by atoms with Crippen LogP contribution in [0.5, 0.6) is 11.5 Å². The van der Waals surface area contributed by atoms with Crippen molar-refractivity contribution in [2.45, 2.75) is 49.5 Å². The first-order valence-corrected chi connectivity index (χ1v) is 9.02. The van der Waals surface area contributed by atoms with Gasteiger partial charge in [-0.2, -0.15) is 0 Å². The standard InChI is InChI=1S/C17H23NO3S/c1-12(22-14-5-3-2-4-6-14)17(19)18-13-7-8-15-16(11-13)21-10-9-20-15/h7-8,11-12,14H,2-6,9-10H2,1H3,(H,18,19). The van der Waals surface area contributed by atoms with Crippen molar-refractivity contribution in [3.63, 3.8) is 0 Å². The fraction of sp³-hybridized carbons (Fsp3) is 0.588. The van der Waals surface area contributed by atoms with Crippen LogP contribution >= 0.6 is 11.8 Å². The SMILES string of the molecule is CC(SC1CCCCC1)C(=O)Nc1ccc2c(c1)OCCO2. The van der Waals surface area contributed by atoms with E-state index in [0.717, 1.165) is 11.4 Å². The van der Waals surface area contributed by atoms with Gasteiger partial charge in [0, 0.05) is 17.0 Å². The molecule has 5 heteroatoms. The highest BCUT2D eigenvalue weighted by Gasteiger charge is 2.22. The van der Waals surface area contributed by atoms with Gasteiger partial charge in [0.05, 0.1) is 5.25 Å². The molecule has 1 aromatic carbocycles. The molecule has 1 aliphatic carbocycles. The summed E-state index contributed by atoms with van der Waals surface area (Å²) in [5, 5.41) is 3.59. The number of ether oxygens (including phenoxy) is 2. The summed E-state index contributed by atoms with van der Waals surface area (Å²) in [7, 11) is 0. The van der Waals surface area contributed by atoms with Crippen molar-refractivity contribution in [3.05, 3.63) is 18.2 Å². The molecule has 0 aromatic heterocycles. The molecule has 1 atom stereocenters. The molecule has 1 amide bonds. The Morgan fingerprint density at radius 3 is 2.68 bits per heavy atom. The summed E-state index contributed by atoms with van der Waals surface area (Å²) in [6.45, 7) is 3.12. The van der Waals surface area contributed by atoms with E-state index in [9.17, 15) is 4.79 Å². The quantitative estimate of drug-likeness (QED) is 0.915. The molecular weight excluding hydrogens is 298 g/mol. The number of fused-ring (bicyclic) bond motifs is 1. The predicted octanol–water partition coefficient (Wildman–Crippen LogP) is 3.85. The van der Waals surface area contributed by atoms with Crippen LogP contribution in [0, 0.1) is 0 Å². The number of carbonyl (C=O) groups excluding carboxylic acids is 1. The summed E-state index contributed by atoms with van der Waals surface area (Å²) in [6.07, 6.45) is 6.43. The normalized spacial score (nSPS) is 19.5. The zero-order valence-corrected chi connectivity index (χ0v) is 13.8. The van der Waals surface area contributed by atoms with Crippen LogP contribution in [0.15, 0.2) is 18.2 Å². The fourth-order valence-corrected chi connectivity index (χ4v) is 4.28. The number of carbonyl (C=O) groups is 1. The van der Waals surface area contributed by atoms with Gasteiger partial charge in [0.1, 0.15) is 13.2 Å². The van der Waals surface area contributed by atoms with Gasteiger partial charge in [-0.3, -0.25) is 4.79 Å². The number of thioether (sulfide) groups is 1. The Kier molecular flexibility index (Phi) is 5.13. The first-order chi connectivity index (χ1) is 10.7. The molecule has 2 aliphatic rings. The third kappa shape index (κ3) is 3.88. The Hall–Kier alpha value is -1.36. The molecule has 0 radical (unpaired) electrons. The predicted molar refractivity (Wildman–Crippen MR) is 90.0 cm³/mol. The first kappa shape index (κ1) is 15.5. The van der Waals surface area contributed by atoms with E-state index in [0.29, 0.717) is 24.2 Å². The van der Waals surface area contributed by atoms with Crippen molar-refractivity contribution in [2.75, 3.05) is 18.5 Å². The van der Waals surface area contributed by atoms with Crippen molar-refractivity contribution >= 4 is 23.4 Å². The lowest BCUT2D eigenvalue weighted by atomic mass is 10.0. The molecule has 1 N–H and O–H groups in total. The Balaban J connectivity index is 1.56. The van der Waals surface area contributed by atoms with E-state index in [1.165, 1.54) is 32.1 Å². The minimum absolute atomic E-state index is 0.0312. The minimum atomic E-state index is -0.0312. The molecule has 0 saturated heterocycles. The number of amides is 1. The molecule has 4 nitrogen and oxygen atoms in total. The third-order valence-corrected chi connectivity index (χ3v) is 5.61. The van der Waals surface area contributed by atoms with Gasteiger partial charge in [-0.25, -0.2) is 0 Å². The van der Waals surface area contributed by atoms with E-state index in [-0.39, 0.29) is 11.2 Å². The molecular formula is C17H23NO3S. The lowest BCUT2D eigenvalue weighted by Crippen LogP contribution is -2.25. The van der Waals surface area contributed by atoms with Crippen LogP contribution in [0.25, 0.3) is 0 Å². The number of hydrogen-bond acceptors (Lipinski definition) is 4. The molecule has 120 valence electrons. The van der Waals surface area contributed by atoms with E-state index in [1.807, 2.05) is 36.9 Å². The van der Waals surface area contributed by atoms with Crippen LogP contribution in [0.1, 0.15) is 39.0 Å². The second-order valence-corrected chi connectivity index (χ2v) is 7.53. The minimum Gasteiger partial charge on any atom is -0.486 e. The Morgan fingerprint density at radius 1 is 1.18 bits per heavy atom. The Morgan fingerprint density at radius 2 is 1.91 bits per heavy atom. The summed E-state index contributed by atoms with van der Waals surface area (Å²) >= 11 is 1.81. The molecule has 3 rings (SSSR count). The maximum absolute atomic E-state index is 12.4. The summed E-state index contributed by atoms with van der Waals surface area (Å²) in [4.78, 5) is 12.4. The van der Waals surface area contributed by atoms with Gasteiger partial charge in [0.25, 0.3) is 0 Å². The zero-order valence-electron chi connectivity index (χ0n) is 13.0. The molecule has 1 saturated carbocycles. The molecule has 0 spiro atoms. The van der Waals surface area contributed by atoms with Gasteiger partial charge in [0.15, 0.2) is 11.5 Å². The van der Waals surface area contributed by atoms with Crippen LogP contribution < -0.4 is 14.8 Å². The largest absolute Gasteiger partial charge is 0.486 e. The topological polar surface area (TPSA) is 47.6 Å². The van der Waals surface area contributed by atoms with E-state index in [1.54, 1.807) is 0 Å². The Bertz CT molecular complexity index is 529. The van der Waals surface area contributed by atoms with Crippen LogP contribution in [-0.2, 0) is 4.79 Å². The highest BCUT2D eigenvalue weighted by molar-refractivity contribution is 8.01. The number of nitrogens with one attached hydrogen (secondary N) is 1. The molecule has 1 aromatic rings. The Labute approximate surface area is 135 Å². The maximum Gasteiger partial charge on any atom is 0.237 e. The molecule has 22 heavy (non-hydrogen) atoms. The highest BCUT2D eigenvalue weighted by Crippen LogP contribution is 2.34. The maximum atomic E-state index is 12.4. The van der Waals surface area contributed by atoms with E-state index < -0.39 is 0 Å². The smallest absolute Gasteiger partial charge is 0.237 e. The van der Waals surface area contributed by atoms with Crippen LogP contribution in [0.2, 0.25) is 0 Å². The zero-order chi connectivity index (χ0) is 15.4. The van der Waals surface area contributed by atoms with Gasteiger partial charge in [-0.1, -0.05) is 19.3 Å². The van der Waals surface area contributed by atoms with Crippen LogP contribution in [-0.4, -0.2) is 29.6 Å². The molecule has 1 unspecified atom stereocenters. The third-order valence-electron chi connectivity index (χ3n) is 4.13. The van der Waals surface area contributed by atoms with Crippen molar-refractivity contribution in [1.82, 2.24) is 0 Å². The van der Waals surface area contributed by atoms with E-state index in [4.69, 9.17) is 9.47 Å². The second-order valence-electron chi connectivity index (χ2n) is 5.89. The average Bonchev–Trinajstić information content (AvgIpc) is 2.55. The van der Waals surface area contributed by atoms with E-state index in [2.05, 4.69) is 5.32 Å². The lowest BCUT2D eigenvalue weighted by molar-refractivity contribution is -0.115.